The Morgan fingerprint density at radius 1 is 1.15 bits per heavy atom. The first-order chi connectivity index (χ1) is 9.55. The Morgan fingerprint density at radius 3 is 2.25 bits per heavy atom. The van der Waals surface area contributed by atoms with Gasteiger partial charge in [0.05, 0.1) is 5.56 Å². The van der Waals surface area contributed by atoms with Crippen LogP contribution in [0.25, 0.3) is 0 Å². The van der Waals surface area contributed by atoms with Gasteiger partial charge in [-0.15, -0.1) is 0 Å². The zero-order valence-electron chi connectivity index (χ0n) is 12.0. The monoisotopic (exact) mass is 270 g/mol. The lowest BCUT2D eigenvalue weighted by molar-refractivity contribution is 0.112. The third kappa shape index (κ3) is 3.20. The van der Waals surface area contributed by atoms with Crippen molar-refractivity contribution in [1.29, 1.82) is 0 Å². The summed E-state index contributed by atoms with van der Waals surface area (Å²) in [6, 6.07) is 8.16. The van der Waals surface area contributed by atoms with E-state index in [1.807, 2.05) is 12.1 Å². The second-order valence-corrected chi connectivity index (χ2v) is 5.28. The van der Waals surface area contributed by atoms with Crippen LogP contribution in [0, 0.1) is 0 Å². The maximum atomic E-state index is 10.5. The number of benzene rings is 1. The Morgan fingerprint density at radius 2 is 1.75 bits per heavy atom. The van der Waals surface area contributed by atoms with Gasteiger partial charge in [-0.1, -0.05) is 32.9 Å². The first-order valence-corrected chi connectivity index (χ1v) is 6.61. The van der Waals surface area contributed by atoms with Gasteiger partial charge in [0.25, 0.3) is 0 Å². The number of carbonyl (C=O) groups excluding carboxylic acids is 1. The lowest BCUT2D eigenvalue weighted by atomic mass is 9.82. The fraction of sp³-hybridized carbons (Fsp3) is 0.312. The smallest absolute Gasteiger partial charge is 0.321 e. The number of carbonyl (C=O) groups is 1. The van der Waals surface area contributed by atoms with E-state index < -0.39 is 0 Å². The summed E-state index contributed by atoms with van der Waals surface area (Å²) in [5.74, 6) is 0.680. The second-order valence-electron chi connectivity index (χ2n) is 5.28. The van der Waals surface area contributed by atoms with Crippen molar-refractivity contribution in [2.24, 2.45) is 0 Å². The van der Waals surface area contributed by atoms with Crippen LogP contribution < -0.4 is 4.74 Å². The number of aldehydes is 1. The van der Waals surface area contributed by atoms with Crippen molar-refractivity contribution in [3.63, 3.8) is 0 Å². The van der Waals surface area contributed by atoms with Crippen molar-refractivity contribution in [1.82, 2.24) is 9.97 Å². The summed E-state index contributed by atoms with van der Waals surface area (Å²) < 4.78 is 5.54. The normalized spacial score (nSPS) is 11.2. The summed E-state index contributed by atoms with van der Waals surface area (Å²) in [4.78, 5) is 18.5. The van der Waals surface area contributed by atoms with Crippen LogP contribution >= 0.6 is 0 Å². The highest BCUT2D eigenvalue weighted by Crippen LogP contribution is 2.28. The molecular weight excluding hydrogens is 252 g/mol. The lowest BCUT2D eigenvalue weighted by Gasteiger charge is -2.23. The molecule has 0 aliphatic carbocycles. The van der Waals surface area contributed by atoms with Crippen LogP contribution in [-0.4, -0.2) is 16.3 Å². The van der Waals surface area contributed by atoms with Crippen molar-refractivity contribution in [2.75, 3.05) is 0 Å². The van der Waals surface area contributed by atoms with Crippen LogP contribution in [-0.2, 0) is 5.41 Å². The van der Waals surface area contributed by atoms with Gasteiger partial charge in [0.2, 0.25) is 0 Å². The standard InChI is InChI=1S/C16H18N2O2/c1-4-16(2,3)13-5-7-14(8-6-13)20-15-17-9-12(11-19)10-18-15/h5-11H,4H2,1-3H3. The van der Waals surface area contributed by atoms with Gasteiger partial charge in [0.15, 0.2) is 6.29 Å². The molecule has 0 aliphatic heterocycles. The predicted molar refractivity (Wildman–Crippen MR) is 77.3 cm³/mol. The molecule has 2 aromatic rings. The maximum Gasteiger partial charge on any atom is 0.321 e. The molecule has 1 aromatic carbocycles. The van der Waals surface area contributed by atoms with Gasteiger partial charge in [-0.25, -0.2) is 9.97 Å². The summed E-state index contributed by atoms with van der Waals surface area (Å²) in [6.45, 7) is 6.60. The van der Waals surface area contributed by atoms with E-state index in [2.05, 4.69) is 42.9 Å². The maximum absolute atomic E-state index is 10.5. The average Bonchev–Trinajstić information content (AvgIpc) is 2.48. The molecule has 0 saturated heterocycles. The van der Waals surface area contributed by atoms with Crippen LogP contribution in [0.1, 0.15) is 43.1 Å². The van der Waals surface area contributed by atoms with Gasteiger partial charge >= 0.3 is 6.01 Å². The quantitative estimate of drug-likeness (QED) is 0.776. The number of rotatable bonds is 5. The molecule has 1 heterocycles. The van der Waals surface area contributed by atoms with Crippen molar-refractivity contribution in [3.05, 3.63) is 47.8 Å². The van der Waals surface area contributed by atoms with Gasteiger partial charge in [-0.05, 0) is 29.5 Å². The van der Waals surface area contributed by atoms with Crippen LogP contribution in [0.4, 0.5) is 0 Å². The zero-order valence-corrected chi connectivity index (χ0v) is 12.0. The zero-order chi connectivity index (χ0) is 14.6. The molecule has 0 atom stereocenters. The van der Waals surface area contributed by atoms with E-state index in [-0.39, 0.29) is 11.4 Å². The van der Waals surface area contributed by atoms with Gasteiger partial charge in [0.1, 0.15) is 5.75 Å². The van der Waals surface area contributed by atoms with E-state index in [1.54, 1.807) is 0 Å². The molecule has 0 fully saturated rings. The molecule has 0 aliphatic rings. The topological polar surface area (TPSA) is 52.1 Å². The molecule has 104 valence electrons. The molecule has 0 saturated carbocycles. The Bertz CT molecular complexity index is 574. The average molecular weight is 270 g/mol. The Labute approximate surface area is 118 Å². The first kappa shape index (κ1) is 14.2. The molecule has 0 N–H and O–H groups in total. The van der Waals surface area contributed by atoms with E-state index in [0.29, 0.717) is 17.6 Å². The summed E-state index contributed by atoms with van der Waals surface area (Å²) in [6.07, 6.45) is 4.64. The molecule has 4 heteroatoms. The number of ether oxygens (including phenoxy) is 1. The Kier molecular flexibility index (Phi) is 4.13. The molecule has 0 radical (unpaired) electrons. The highest BCUT2D eigenvalue weighted by Gasteiger charge is 2.17. The Hall–Kier alpha value is -2.23. The van der Waals surface area contributed by atoms with Crippen LogP contribution in [0.2, 0.25) is 0 Å². The lowest BCUT2D eigenvalue weighted by Crippen LogP contribution is -2.14. The third-order valence-corrected chi connectivity index (χ3v) is 3.51. The number of aromatic nitrogens is 2. The fourth-order valence-electron chi connectivity index (χ4n) is 1.72. The minimum atomic E-state index is 0.153. The minimum Gasteiger partial charge on any atom is -0.424 e. The largest absolute Gasteiger partial charge is 0.424 e. The van der Waals surface area contributed by atoms with Gasteiger partial charge in [-0.3, -0.25) is 4.79 Å². The van der Waals surface area contributed by atoms with E-state index in [9.17, 15) is 4.79 Å². The molecule has 0 spiro atoms. The van der Waals surface area contributed by atoms with E-state index in [4.69, 9.17) is 4.74 Å². The van der Waals surface area contributed by atoms with Gasteiger partial charge in [0, 0.05) is 12.4 Å². The molecule has 0 amide bonds. The van der Waals surface area contributed by atoms with Crippen molar-refractivity contribution >= 4 is 6.29 Å². The van der Waals surface area contributed by atoms with Crippen LogP contribution in [0.5, 0.6) is 11.8 Å². The van der Waals surface area contributed by atoms with Crippen LogP contribution in [0.3, 0.4) is 0 Å². The molecule has 0 bridgehead atoms. The third-order valence-electron chi connectivity index (χ3n) is 3.51. The van der Waals surface area contributed by atoms with Crippen molar-refractivity contribution < 1.29 is 9.53 Å². The first-order valence-electron chi connectivity index (χ1n) is 6.61. The summed E-state index contributed by atoms with van der Waals surface area (Å²) >= 11 is 0. The van der Waals surface area contributed by atoms with E-state index >= 15 is 0 Å². The SMILES string of the molecule is CCC(C)(C)c1ccc(Oc2ncc(C=O)cn2)cc1. The number of hydrogen-bond donors (Lipinski definition) is 0. The summed E-state index contributed by atoms with van der Waals surface area (Å²) in [7, 11) is 0. The fourth-order valence-corrected chi connectivity index (χ4v) is 1.72. The molecule has 2 rings (SSSR count). The number of nitrogens with zero attached hydrogens (tertiary/aromatic N) is 2. The predicted octanol–water partition coefficient (Wildman–Crippen LogP) is 3.77. The molecule has 0 unspecified atom stereocenters. The van der Waals surface area contributed by atoms with Gasteiger partial charge < -0.3 is 4.74 Å². The summed E-state index contributed by atoms with van der Waals surface area (Å²) in [5, 5.41) is 0. The number of hydrogen-bond acceptors (Lipinski definition) is 4. The van der Waals surface area contributed by atoms with Crippen molar-refractivity contribution in [2.45, 2.75) is 32.6 Å². The molecule has 20 heavy (non-hydrogen) atoms. The minimum absolute atomic E-state index is 0.153. The van der Waals surface area contributed by atoms with Crippen molar-refractivity contribution in [3.8, 4) is 11.8 Å². The van der Waals surface area contributed by atoms with E-state index in [0.717, 1.165) is 6.42 Å². The second kappa shape index (κ2) is 5.82. The Balaban J connectivity index is 2.12. The highest BCUT2D eigenvalue weighted by molar-refractivity contribution is 5.73. The van der Waals surface area contributed by atoms with Gasteiger partial charge in [-0.2, -0.15) is 0 Å². The van der Waals surface area contributed by atoms with E-state index in [1.165, 1.54) is 18.0 Å². The van der Waals surface area contributed by atoms with Crippen LogP contribution in [0.15, 0.2) is 36.7 Å². The molecule has 1 aromatic heterocycles. The molecule has 4 nitrogen and oxygen atoms in total. The molecular formula is C16H18N2O2. The summed E-state index contributed by atoms with van der Waals surface area (Å²) in [5.41, 5.74) is 1.85. The highest BCUT2D eigenvalue weighted by atomic mass is 16.5.